The molecule has 1 aromatic heterocycles. The monoisotopic (exact) mass is 551 g/mol. The molecule has 2 aromatic rings. The van der Waals surface area contributed by atoms with Gasteiger partial charge >= 0.3 is 0 Å². The van der Waals surface area contributed by atoms with Crippen LogP contribution in [0.1, 0.15) is 49.1 Å². The average Bonchev–Trinajstić information content (AvgIpc) is 3.36. The van der Waals surface area contributed by atoms with Crippen LogP contribution in [-0.4, -0.2) is 76.9 Å². The molecule has 14 heteroatoms. The molecule has 4 rings (SSSR count). The zero-order valence-electron chi connectivity index (χ0n) is 21.5. The molecule has 2 aliphatic heterocycles. The minimum absolute atomic E-state index is 0.0510. The smallest absolute Gasteiger partial charge is 0.296 e. The topological polar surface area (TPSA) is 151 Å². The Hall–Kier alpha value is -3.36. The third-order valence-corrected chi connectivity index (χ3v) is 8.88. The van der Waals surface area contributed by atoms with Crippen molar-refractivity contribution in [3.8, 4) is 5.75 Å². The molecular formula is C24H30FN5O7S. The highest BCUT2D eigenvalue weighted by Crippen LogP contribution is 2.28. The normalized spacial score (nSPS) is 19.1. The lowest BCUT2D eigenvalue weighted by Crippen LogP contribution is -2.42. The van der Waals surface area contributed by atoms with Crippen LogP contribution in [0.25, 0.3) is 0 Å². The Morgan fingerprint density at radius 3 is 2.71 bits per heavy atom. The molecule has 0 bridgehead atoms. The molecule has 1 saturated heterocycles. The van der Waals surface area contributed by atoms with Crippen molar-refractivity contribution in [1.82, 2.24) is 24.1 Å². The molecule has 1 aromatic carbocycles. The van der Waals surface area contributed by atoms with E-state index >= 15 is 0 Å². The summed E-state index contributed by atoms with van der Waals surface area (Å²) in [4.78, 5) is 42.7. The molecule has 1 fully saturated rings. The van der Waals surface area contributed by atoms with Gasteiger partial charge < -0.3 is 20.1 Å². The zero-order chi connectivity index (χ0) is 28.0. The highest BCUT2D eigenvalue weighted by atomic mass is 32.2. The quantitative estimate of drug-likeness (QED) is 0.528. The first-order valence-electron chi connectivity index (χ1n) is 12.0. The summed E-state index contributed by atoms with van der Waals surface area (Å²) in [5, 5.41) is 12.9. The second-order valence-corrected chi connectivity index (χ2v) is 11.7. The van der Waals surface area contributed by atoms with Crippen LogP contribution in [0, 0.1) is 5.82 Å². The fourth-order valence-corrected chi connectivity index (χ4v) is 6.37. The van der Waals surface area contributed by atoms with Crippen LogP contribution >= 0.6 is 0 Å². The number of nitrogens with zero attached hydrogens (tertiary/aromatic N) is 4. The lowest BCUT2D eigenvalue weighted by molar-refractivity contribution is -0.129. The summed E-state index contributed by atoms with van der Waals surface area (Å²) in [6.07, 6.45) is 0.426. The molecular weight excluding hydrogens is 521 g/mol. The molecule has 38 heavy (non-hydrogen) atoms. The summed E-state index contributed by atoms with van der Waals surface area (Å²) in [5.41, 5.74) is -2.20. The van der Waals surface area contributed by atoms with Crippen LogP contribution in [0.15, 0.2) is 27.9 Å². The first kappa shape index (κ1) is 27.7. The van der Waals surface area contributed by atoms with Gasteiger partial charge in [-0.2, -0.15) is 4.31 Å². The van der Waals surface area contributed by atoms with Crippen molar-refractivity contribution in [2.45, 2.75) is 56.8 Å². The molecule has 206 valence electrons. The van der Waals surface area contributed by atoms with Crippen molar-refractivity contribution in [2.24, 2.45) is 0 Å². The molecule has 0 spiro atoms. The number of nitrogens with one attached hydrogen (secondary N) is 1. The lowest BCUT2D eigenvalue weighted by Gasteiger charge is -2.32. The van der Waals surface area contributed by atoms with Gasteiger partial charge in [0.25, 0.3) is 11.5 Å². The van der Waals surface area contributed by atoms with E-state index in [0.717, 1.165) is 12.1 Å². The number of hydrogen-bond donors (Lipinski definition) is 2. The van der Waals surface area contributed by atoms with E-state index in [1.54, 1.807) is 20.9 Å². The van der Waals surface area contributed by atoms with E-state index in [-0.39, 0.29) is 61.0 Å². The number of fused-ring (bicyclic) bond motifs is 1. The maximum Gasteiger partial charge on any atom is 0.296 e. The Morgan fingerprint density at radius 2 is 2.03 bits per heavy atom. The van der Waals surface area contributed by atoms with Crippen molar-refractivity contribution < 1.29 is 32.2 Å². The van der Waals surface area contributed by atoms with Crippen LogP contribution < -0.4 is 10.9 Å². The van der Waals surface area contributed by atoms with Crippen molar-refractivity contribution in [3.05, 3.63) is 51.5 Å². The second kappa shape index (κ2) is 10.1. The lowest BCUT2D eigenvalue weighted by atomic mass is 10.1. The summed E-state index contributed by atoms with van der Waals surface area (Å²) in [6, 6.07) is 2.87. The summed E-state index contributed by atoms with van der Waals surface area (Å²) >= 11 is 0. The molecule has 0 saturated carbocycles. The number of ether oxygens (including phenoxy) is 1. The molecule has 12 nitrogen and oxygen atoms in total. The Kier molecular flexibility index (Phi) is 7.34. The maximum absolute atomic E-state index is 14.2. The summed E-state index contributed by atoms with van der Waals surface area (Å²) in [7, 11) is -2.58. The molecule has 2 N–H and O–H groups in total. The number of aromatic nitrogens is 2. The Bertz CT molecular complexity index is 1460. The minimum Gasteiger partial charge on any atom is -0.501 e. The van der Waals surface area contributed by atoms with Gasteiger partial charge in [0.2, 0.25) is 21.7 Å². The maximum atomic E-state index is 14.2. The number of amides is 2. The van der Waals surface area contributed by atoms with Crippen LogP contribution in [0.4, 0.5) is 4.39 Å². The van der Waals surface area contributed by atoms with Gasteiger partial charge in [-0.1, -0.05) is 6.07 Å². The van der Waals surface area contributed by atoms with E-state index in [1.807, 2.05) is 0 Å². The predicted octanol–water partition coefficient (Wildman–Crippen LogP) is 0.525. The SMILES string of the molecule is CC(=O)N(C)[C@@H]1CCN(S(=O)(=O)c2cc(F)ccc2CNC(=O)c2nc3n(c(=O)c2O)CCOC3(C)C)C1. The van der Waals surface area contributed by atoms with Gasteiger partial charge in [-0.05, 0) is 38.0 Å². The molecule has 2 amide bonds. The molecule has 0 radical (unpaired) electrons. The number of rotatable bonds is 6. The van der Waals surface area contributed by atoms with Gasteiger partial charge in [0.15, 0.2) is 5.69 Å². The van der Waals surface area contributed by atoms with Gasteiger partial charge in [-0.3, -0.25) is 19.0 Å². The van der Waals surface area contributed by atoms with E-state index < -0.39 is 44.4 Å². The average molecular weight is 552 g/mol. The first-order chi connectivity index (χ1) is 17.7. The largest absolute Gasteiger partial charge is 0.501 e. The van der Waals surface area contributed by atoms with Crippen molar-refractivity contribution >= 4 is 21.8 Å². The molecule has 1 atom stereocenters. The minimum atomic E-state index is -4.17. The third-order valence-electron chi connectivity index (χ3n) is 6.93. The zero-order valence-corrected chi connectivity index (χ0v) is 22.3. The number of likely N-dealkylation sites (N-methyl/N-ethyl adjacent to an activating group) is 1. The van der Waals surface area contributed by atoms with Crippen molar-refractivity contribution in [3.63, 3.8) is 0 Å². The van der Waals surface area contributed by atoms with Crippen LogP contribution in [0.5, 0.6) is 5.75 Å². The Balaban J connectivity index is 1.59. The highest BCUT2D eigenvalue weighted by Gasteiger charge is 2.37. The number of carbonyl (C=O) groups excluding carboxylic acids is 2. The molecule has 0 aliphatic carbocycles. The van der Waals surface area contributed by atoms with Gasteiger partial charge in [0.1, 0.15) is 17.2 Å². The number of carbonyl (C=O) groups is 2. The highest BCUT2D eigenvalue weighted by molar-refractivity contribution is 7.89. The van der Waals surface area contributed by atoms with E-state index in [1.165, 1.54) is 26.8 Å². The van der Waals surface area contributed by atoms with Gasteiger partial charge in [-0.15, -0.1) is 0 Å². The number of hydrogen-bond acceptors (Lipinski definition) is 8. The van der Waals surface area contributed by atoms with Crippen molar-refractivity contribution in [2.75, 3.05) is 26.7 Å². The summed E-state index contributed by atoms with van der Waals surface area (Å²) in [5.74, 6) is -2.56. The van der Waals surface area contributed by atoms with Crippen LogP contribution in [0.2, 0.25) is 0 Å². The Morgan fingerprint density at radius 1 is 1.32 bits per heavy atom. The standard InChI is InChI=1S/C24H30FN5O7S/c1-14(31)28(4)17-7-8-29(13-17)38(35,36)18-11-16(25)6-5-15(18)12-26-21(33)19-20(32)22(34)30-9-10-37-24(2,3)23(30)27-19/h5-6,11,17,32H,7-10,12-13H2,1-4H3,(H,26,33)/t17-/m1/s1. The number of halogens is 1. The fraction of sp³-hybridized carbons (Fsp3) is 0.500. The van der Waals surface area contributed by atoms with E-state index in [9.17, 15) is 32.3 Å². The molecule has 0 unspecified atom stereocenters. The van der Waals surface area contributed by atoms with Gasteiger partial charge in [0, 0.05) is 39.6 Å². The fourth-order valence-electron chi connectivity index (χ4n) is 4.64. The van der Waals surface area contributed by atoms with E-state index in [0.29, 0.717) is 6.42 Å². The molecule has 3 heterocycles. The number of sulfonamides is 1. The van der Waals surface area contributed by atoms with E-state index in [4.69, 9.17) is 4.74 Å². The summed E-state index contributed by atoms with van der Waals surface area (Å²) < 4.78 is 49.1. The number of aromatic hydroxyl groups is 1. The molecule has 2 aliphatic rings. The van der Waals surface area contributed by atoms with Crippen LogP contribution in [-0.2, 0) is 38.2 Å². The number of benzene rings is 1. The van der Waals surface area contributed by atoms with Gasteiger partial charge in [-0.25, -0.2) is 17.8 Å². The summed E-state index contributed by atoms with van der Waals surface area (Å²) in [6.45, 7) is 4.98. The van der Waals surface area contributed by atoms with Crippen molar-refractivity contribution in [1.29, 1.82) is 0 Å². The van der Waals surface area contributed by atoms with E-state index in [2.05, 4.69) is 10.3 Å². The Labute approximate surface area is 219 Å². The predicted molar refractivity (Wildman–Crippen MR) is 132 cm³/mol. The third kappa shape index (κ3) is 5.02. The first-order valence-corrected chi connectivity index (χ1v) is 13.5. The second-order valence-electron chi connectivity index (χ2n) is 9.82. The van der Waals surface area contributed by atoms with Crippen LogP contribution in [0.3, 0.4) is 0 Å². The van der Waals surface area contributed by atoms with Gasteiger partial charge in [0.05, 0.1) is 18.0 Å².